The summed E-state index contributed by atoms with van der Waals surface area (Å²) in [5.74, 6) is 0.910. The summed E-state index contributed by atoms with van der Waals surface area (Å²) in [5.41, 5.74) is 3.04. The summed E-state index contributed by atoms with van der Waals surface area (Å²) in [6.07, 6.45) is 16.2. The van der Waals surface area contributed by atoms with Crippen LogP contribution in [0.5, 0.6) is 0 Å². The predicted molar refractivity (Wildman–Crippen MR) is 137 cm³/mol. The molecule has 7 atom stereocenters. The van der Waals surface area contributed by atoms with Crippen molar-refractivity contribution in [2.75, 3.05) is 13.1 Å². The van der Waals surface area contributed by atoms with Gasteiger partial charge in [0, 0.05) is 36.5 Å². The summed E-state index contributed by atoms with van der Waals surface area (Å²) < 4.78 is 0. The number of piperidine rings is 1. The lowest BCUT2D eigenvalue weighted by molar-refractivity contribution is -0.128. The molecule has 0 radical (unpaired) electrons. The van der Waals surface area contributed by atoms with E-state index in [0.29, 0.717) is 11.1 Å². The fourth-order valence-corrected chi connectivity index (χ4v) is 6.13. The third-order valence-electron chi connectivity index (χ3n) is 8.18. The number of halogens is 1. The highest BCUT2D eigenvalue weighted by Crippen LogP contribution is 2.47. The number of nitrogens with one attached hydrogen (secondary N) is 1. The topological polar surface area (TPSA) is 88.7 Å². The van der Waals surface area contributed by atoms with Crippen LogP contribution in [0.15, 0.2) is 64.2 Å². The molecule has 2 N–H and O–H groups in total. The zero-order valence-electron chi connectivity index (χ0n) is 20.3. The first-order valence-corrected chi connectivity index (χ1v) is 13.1. The lowest BCUT2D eigenvalue weighted by Gasteiger charge is -2.35. The van der Waals surface area contributed by atoms with Crippen LogP contribution in [-0.4, -0.2) is 52.5 Å². The van der Waals surface area contributed by atoms with Crippen LogP contribution in [0.3, 0.4) is 0 Å². The Hall–Kier alpha value is -2.46. The molecule has 0 aromatic heterocycles. The molecule has 5 aliphatic rings. The largest absolute Gasteiger partial charge is 0.378 e. The highest BCUT2D eigenvalue weighted by molar-refractivity contribution is 6.68. The Morgan fingerprint density at radius 1 is 1.29 bits per heavy atom. The number of rotatable bonds is 5. The minimum Gasteiger partial charge on any atom is -0.378 e. The van der Waals surface area contributed by atoms with Crippen molar-refractivity contribution in [3.05, 3.63) is 59.3 Å². The predicted octanol–water partition coefficient (Wildman–Crippen LogP) is 3.87. The second-order valence-electron chi connectivity index (χ2n) is 10.5. The minimum absolute atomic E-state index is 0.0122. The van der Waals surface area contributed by atoms with Crippen LogP contribution in [0.2, 0.25) is 0 Å². The maximum Gasteiger partial charge on any atom is 0.253 e. The van der Waals surface area contributed by atoms with Gasteiger partial charge in [-0.05, 0) is 55.2 Å². The molecule has 0 bridgehead atoms. The average Bonchev–Trinajstić information content (AvgIpc) is 3.58. The minimum atomic E-state index is -0.707. The Labute approximate surface area is 212 Å². The highest BCUT2D eigenvalue weighted by atomic mass is 35.5. The summed E-state index contributed by atoms with van der Waals surface area (Å²) in [5, 5.41) is 23.8. The van der Waals surface area contributed by atoms with Crippen LogP contribution in [0.4, 0.5) is 0 Å². The lowest BCUT2D eigenvalue weighted by Crippen LogP contribution is -2.45. The number of amides is 1. The van der Waals surface area contributed by atoms with Crippen LogP contribution in [0.25, 0.3) is 0 Å². The van der Waals surface area contributed by atoms with E-state index in [0.717, 1.165) is 43.5 Å². The monoisotopic (exact) mass is 492 g/mol. The molecule has 0 aromatic carbocycles. The Morgan fingerprint density at radius 3 is 2.71 bits per heavy atom. The van der Waals surface area contributed by atoms with Crippen molar-refractivity contribution < 1.29 is 9.90 Å². The number of carbonyl (C=O) groups is 1. The summed E-state index contributed by atoms with van der Waals surface area (Å²) in [6, 6.07) is 2.22. The second kappa shape index (κ2) is 9.89. The van der Waals surface area contributed by atoms with Gasteiger partial charge in [-0.3, -0.25) is 15.1 Å². The average molecular weight is 493 g/mol. The van der Waals surface area contributed by atoms with Gasteiger partial charge < -0.3 is 10.0 Å². The lowest BCUT2D eigenvalue weighted by atomic mass is 9.83. The van der Waals surface area contributed by atoms with Crippen molar-refractivity contribution in [3.63, 3.8) is 0 Å². The van der Waals surface area contributed by atoms with Gasteiger partial charge in [0.1, 0.15) is 11.4 Å². The highest BCUT2D eigenvalue weighted by Gasteiger charge is 2.54. The molecule has 184 valence electrons. The van der Waals surface area contributed by atoms with E-state index in [-0.39, 0.29) is 41.7 Å². The number of carbonyl (C=O) groups excluding carboxylic acids is 1. The van der Waals surface area contributed by atoms with Crippen molar-refractivity contribution in [2.45, 2.75) is 51.4 Å². The van der Waals surface area contributed by atoms with Gasteiger partial charge in [-0.15, -0.1) is 0 Å². The van der Waals surface area contributed by atoms with Crippen molar-refractivity contribution in [3.8, 4) is 6.07 Å². The number of allylic oxidation sites excluding steroid dienone is 5. The maximum absolute atomic E-state index is 13.5. The number of aliphatic hydroxyl groups excluding tert-OH is 1. The maximum atomic E-state index is 13.5. The third-order valence-corrected chi connectivity index (χ3v) is 8.40. The third kappa shape index (κ3) is 4.95. The fraction of sp³-hybridized carbons (Fsp3) is 0.536. The number of fused-ring (bicyclic) bond motifs is 1. The van der Waals surface area contributed by atoms with Gasteiger partial charge in [0.05, 0.1) is 18.0 Å². The van der Waals surface area contributed by atoms with Gasteiger partial charge in [-0.1, -0.05) is 55.0 Å². The van der Waals surface area contributed by atoms with E-state index in [1.54, 1.807) is 6.08 Å². The molecule has 5 rings (SSSR count). The SMILES string of the molecule is CC1=CC(C)C(NC(O)C2C3C=CC(Cl)=NC32)C=C1C(=O)N1CCC(C2=CCC(C#N)C=C2)CC1. The van der Waals surface area contributed by atoms with E-state index in [1.807, 2.05) is 30.1 Å². The van der Waals surface area contributed by atoms with Crippen molar-refractivity contribution in [1.82, 2.24) is 10.2 Å². The standard InChI is InChI=1S/C28H33ClN4O2/c1-16-13-17(2)23(31-27(34)25-21-7-8-24(29)32-26(21)25)14-22(16)28(35)33-11-9-20(10-12-33)19-5-3-18(15-30)4-6-19/h3,5-8,13-14,17-18,20-21,23,25-27,31,34H,4,9-12H2,1-2H3. The fourth-order valence-electron chi connectivity index (χ4n) is 5.95. The van der Waals surface area contributed by atoms with Gasteiger partial charge in [0.2, 0.25) is 0 Å². The molecule has 2 aliphatic heterocycles. The van der Waals surface area contributed by atoms with Crippen LogP contribution in [-0.2, 0) is 4.79 Å². The van der Waals surface area contributed by atoms with E-state index >= 15 is 0 Å². The molecule has 35 heavy (non-hydrogen) atoms. The Bertz CT molecular complexity index is 1100. The molecule has 1 amide bonds. The Morgan fingerprint density at radius 2 is 2.06 bits per heavy atom. The number of aliphatic hydroxyl groups is 1. The molecular weight excluding hydrogens is 460 g/mol. The van der Waals surface area contributed by atoms with Gasteiger partial charge >= 0.3 is 0 Å². The molecule has 2 heterocycles. The summed E-state index contributed by atoms with van der Waals surface area (Å²) in [4.78, 5) is 19.9. The zero-order valence-corrected chi connectivity index (χ0v) is 21.0. The van der Waals surface area contributed by atoms with Crippen molar-refractivity contribution in [2.24, 2.45) is 34.6 Å². The first kappa shape index (κ1) is 24.2. The summed E-state index contributed by atoms with van der Waals surface area (Å²) in [6.45, 7) is 5.57. The molecule has 3 aliphatic carbocycles. The van der Waals surface area contributed by atoms with E-state index in [1.165, 1.54) is 5.57 Å². The van der Waals surface area contributed by atoms with Crippen LogP contribution in [0.1, 0.15) is 33.1 Å². The first-order valence-electron chi connectivity index (χ1n) is 12.7. The molecule has 7 unspecified atom stereocenters. The van der Waals surface area contributed by atoms with Crippen LogP contribution < -0.4 is 5.32 Å². The van der Waals surface area contributed by atoms with Gasteiger partial charge in [0.15, 0.2) is 0 Å². The van der Waals surface area contributed by atoms with Gasteiger partial charge in [0.25, 0.3) is 5.91 Å². The number of hydrogen-bond acceptors (Lipinski definition) is 5. The van der Waals surface area contributed by atoms with Crippen LogP contribution >= 0.6 is 11.6 Å². The number of nitriles is 1. The molecule has 7 heteroatoms. The molecule has 0 aromatic rings. The second-order valence-corrected chi connectivity index (χ2v) is 10.9. The molecule has 2 fully saturated rings. The molecule has 1 saturated carbocycles. The van der Waals surface area contributed by atoms with E-state index in [2.05, 4.69) is 41.5 Å². The molecule has 6 nitrogen and oxygen atoms in total. The summed E-state index contributed by atoms with van der Waals surface area (Å²) in [7, 11) is 0. The zero-order chi connectivity index (χ0) is 24.7. The molecule has 0 spiro atoms. The molecular formula is C28H33ClN4O2. The number of hydrogen-bond donors (Lipinski definition) is 2. The van der Waals surface area contributed by atoms with E-state index < -0.39 is 6.23 Å². The number of aliphatic imine (C=N–C) groups is 1. The Kier molecular flexibility index (Phi) is 6.85. The number of dihydropyridines is 1. The first-order chi connectivity index (χ1) is 16.9. The van der Waals surface area contributed by atoms with Gasteiger partial charge in [-0.2, -0.15) is 5.26 Å². The smallest absolute Gasteiger partial charge is 0.253 e. The Balaban J connectivity index is 1.20. The van der Waals surface area contributed by atoms with E-state index in [4.69, 9.17) is 16.9 Å². The number of nitrogens with zero attached hydrogens (tertiary/aromatic N) is 3. The van der Waals surface area contributed by atoms with Gasteiger partial charge in [-0.25, -0.2) is 0 Å². The number of likely N-dealkylation sites (tertiary alicyclic amines) is 1. The van der Waals surface area contributed by atoms with Crippen molar-refractivity contribution >= 4 is 22.7 Å². The quantitative estimate of drug-likeness (QED) is 0.570. The van der Waals surface area contributed by atoms with Crippen molar-refractivity contribution in [1.29, 1.82) is 5.26 Å². The van der Waals surface area contributed by atoms with Crippen LogP contribution in [0, 0.1) is 40.9 Å². The normalized spacial score (nSPS) is 35.2. The van der Waals surface area contributed by atoms with E-state index in [9.17, 15) is 9.90 Å². The molecule has 1 saturated heterocycles. The summed E-state index contributed by atoms with van der Waals surface area (Å²) >= 11 is 6.02.